The second kappa shape index (κ2) is 8.28. The Hall–Kier alpha value is -1.22. The van der Waals surface area contributed by atoms with E-state index in [0.29, 0.717) is 29.7 Å². The molecule has 1 aromatic rings. The number of ketones is 1. The molecule has 5 heteroatoms. The van der Waals surface area contributed by atoms with E-state index in [1.165, 1.54) is 0 Å². The van der Waals surface area contributed by atoms with Gasteiger partial charge >= 0.3 is 7.60 Å². The molecule has 0 amide bonds. The Kier molecular flexibility index (Phi) is 7.03. The highest BCUT2D eigenvalue weighted by atomic mass is 31.2. The lowest BCUT2D eigenvalue weighted by Gasteiger charge is -2.20. The molecule has 0 heterocycles. The molecule has 1 rings (SSSR count). The fraction of sp³-hybridized carbons (Fsp3) is 0.438. The minimum absolute atomic E-state index is 0.244. The van der Waals surface area contributed by atoms with Crippen LogP contribution in [-0.4, -0.2) is 19.0 Å². The first-order valence-corrected chi connectivity index (χ1v) is 8.69. The van der Waals surface area contributed by atoms with Crippen LogP contribution in [0.3, 0.4) is 0 Å². The summed E-state index contributed by atoms with van der Waals surface area (Å²) < 4.78 is 24.0. The van der Waals surface area contributed by atoms with Crippen LogP contribution in [0.15, 0.2) is 36.4 Å². The van der Waals surface area contributed by atoms with Gasteiger partial charge in [-0.15, -0.1) is 0 Å². The Morgan fingerprint density at radius 1 is 1.14 bits per heavy atom. The number of carbonyl (C=O) groups excluding carboxylic acids is 1. The molecule has 0 atom stereocenters. The molecule has 0 saturated heterocycles. The molecule has 0 aliphatic heterocycles. The molecule has 0 spiro atoms. The van der Waals surface area contributed by atoms with Crippen LogP contribution in [0.5, 0.6) is 0 Å². The van der Waals surface area contributed by atoms with E-state index < -0.39 is 7.60 Å². The van der Waals surface area contributed by atoms with Gasteiger partial charge in [-0.2, -0.15) is 0 Å². The number of hydrogen-bond acceptors (Lipinski definition) is 4. The van der Waals surface area contributed by atoms with E-state index in [1.54, 1.807) is 31.2 Å². The first-order valence-electron chi connectivity index (χ1n) is 7.15. The van der Waals surface area contributed by atoms with Crippen molar-refractivity contribution in [3.8, 4) is 0 Å². The molecular weight excluding hydrogens is 287 g/mol. The molecule has 0 bridgehead atoms. The van der Waals surface area contributed by atoms with E-state index in [4.69, 9.17) is 9.05 Å². The molecule has 0 fully saturated rings. The Morgan fingerprint density at radius 3 is 2.14 bits per heavy atom. The molecule has 0 saturated carbocycles. The van der Waals surface area contributed by atoms with Crippen molar-refractivity contribution in [1.82, 2.24) is 0 Å². The van der Waals surface area contributed by atoms with Crippen molar-refractivity contribution in [2.24, 2.45) is 0 Å². The van der Waals surface area contributed by atoms with Crippen LogP contribution in [-0.2, 0) is 13.6 Å². The van der Waals surface area contributed by atoms with Crippen molar-refractivity contribution in [3.05, 3.63) is 42.0 Å². The minimum Gasteiger partial charge on any atom is -0.305 e. The number of allylic oxidation sites excluding steroid dienone is 1. The van der Waals surface area contributed by atoms with Crippen LogP contribution in [0.4, 0.5) is 0 Å². The first kappa shape index (κ1) is 17.8. The molecule has 4 nitrogen and oxygen atoms in total. The average Bonchev–Trinajstić information content (AvgIpc) is 2.50. The number of Topliss-reactive ketones (excluding diaryl/α,β-unsaturated/α-hetero) is 1. The van der Waals surface area contributed by atoms with Crippen molar-refractivity contribution < 1.29 is 18.4 Å². The molecule has 116 valence electrons. The van der Waals surface area contributed by atoms with E-state index in [-0.39, 0.29) is 5.78 Å². The first-order chi connectivity index (χ1) is 9.96. The monoisotopic (exact) mass is 310 g/mol. The molecule has 0 unspecified atom stereocenters. The normalized spacial score (nSPS) is 11.4. The van der Waals surface area contributed by atoms with Crippen molar-refractivity contribution in [2.45, 2.75) is 33.6 Å². The summed E-state index contributed by atoms with van der Waals surface area (Å²) in [5, 5.41) is 0.319. The number of carbonyl (C=O) groups is 1. The summed E-state index contributed by atoms with van der Waals surface area (Å²) in [5.41, 5.74) is 0.723. The van der Waals surface area contributed by atoms with Crippen LogP contribution in [0.2, 0.25) is 0 Å². The zero-order valence-electron chi connectivity index (χ0n) is 12.9. The Bertz CT molecular complexity index is 539. The molecule has 0 aliphatic rings. The summed E-state index contributed by atoms with van der Waals surface area (Å²) >= 11 is 0. The van der Waals surface area contributed by atoms with E-state index in [2.05, 4.69) is 6.58 Å². The Balaban J connectivity index is 3.27. The van der Waals surface area contributed by atoms with Crippen LogP contribution in [0.1, 0.15) is 44.0 Å². The van der Waals surface area contributed by atoms with Gasteiger partial charge in [0.05, 0.1) is 18.5 Å². The molecule has 0 radical (unpaired) electrons. The van der Waals surface area contributed by atoms with Gasteiger partial charge < -0.3 is 9.05 Å². The largest absolute Gasteiger partial charge is 0.362 e. The van der Waals surface area contributed by atoms with Crippen LogP contribution >= 0.6 is 7.60 Å². The summed E-state index contributed by atoms with van der Waals surface area (Å²) in [6.07, 6.45) is 1.44. The average molecular weight is 310 g/mol. The van der Waals surface area contributed by atoms with Gasteiger partial charge in [0.15, 0.2) is 5.78 Å². The van der Waals surface area contributed by atoms with Gasteiger partial charge in [-0.25, -0.2) is 0 Å². The van der Waals surface area contributed by atoms with Crippen molar-refractivity contribution in [2.75, 3.05) is 13.2 Å². The van der Waals surface area contributed by atoms with Gasteiger partial charge in [-0.05, 0) is 31.4 Å². The summed E-state index contributed by atoms with van der Waals surface area (Å²) in [6.45, 7) is 9.77. The van der Waals surface area contributed by atoms with Crippen LogP contribution in [0.25, 0.3) is 0 Å². The predicted octanol–water partition coefficient (Wildman–Crippen LogP) is 4.12. The summed E-state index contributed by atoms with van der Waals surface area (Å²) in [6, 6.07) is 6.71. The minimum atomic E-state index is -3.50. The quantitative estimate of drug-likeness (QED) is 0.391. The Labute approximate surface area is 126 Å². The van der Waals surface area contributed by atoms with E-state index in [9.17, 15) is 9.36 Å². The second-order valence-corrected chi connectivity index (χ2v) is 6.78. The smallest absolute Gasteiger partial charge is 0.305 e. The number of benzene rings is 1. The fourth-order valence-corrected chi connectivity index (χ4v) is 3.67. The molecule has 1 aromatic carbocycles. The maximum absolute atomic E-state index is 13.1. The van der Waals surface area contributed by atoms with Gasteiger partial charge in [0.25, 0.3) is 0 Å². The summed E-state index contributed by atoms with van der Waals surface area (Å²) in [7, 11) is -3.50. The topological polar surface area (TPSA) is 52.6 Å². The highest BCUT2D eigenvalue weighted by Crippen LogP contribution is 2.48. The lowest BCUT2D eigenvalue weighted by molar-refractivity contribution is 0.103. The maximum Gasteiger partial charge on any atom is 0.362 e. The highest BCUT2D eigenvalue weighted by Gasteiger charge is 2.31. The molecule has 0 N–H and O–H groups in total. The number of hydrogen-bond donors (Lipinski definition) is 0. The SMILES string of the molecule is C=C(C)C(=O)c1ccccc1P(=O)(OCCC)OCCC. The molecule has 0 aliphatic carbocycles. The predicted molar refractivity (Wildman–Crippen MR) is 85.3 cm³/mol. The third kappa shape index (κ3) is 4.63. The van der Waals surface area contributed by atoms with Crippen molar-refractivity contribution >= 4 is 18.7 Å². The molecular formula is C16H23O4P. The highest BCUT2D eigenvalue weighted by molar-refractivity contribution is 7.62. The van der Waals surface area contributed by atoms with Gasteiger partial charge in [-0.3, -0.25) is 9.36 Å². The van der Waals surface area contributed by atoms with Gasteiger partial charge in [0.1, 0.15) is 0 Å². The summed E-state index contributed by atoms with van der Waals surface area (Å²) in [4.78, 5) is 12.2. The lowest BCUT2D eigenvalue weighted by atomic mass is 10.1. The van der Waals surface area contributed by atoms with E-state index >= 15 is 0 Å². The van der Waals surface area contributed by atoms with E-state index in [1.807, 2.05) is 13.8 Å². The van der Waals surface area contributed by atoms with Crippen molar-refractivity contribution in [1.29, 1.82) is 0 Å². The standard InChI is InChI=1S/C16H23O4P/c1-5-11-19-21(18,20-12-6-2)15-10-8-7-9-14(15)16(17)13(3)4/h7-10H,3,5-6,11-12H2,1-2,4H3. The lowest BCUT2D eigenvalue weighted by Crippen LogP contribution is -2.20. The zero-order chi connectivity index (χ0) is 15.9. The fourth-order valence-electron chi connectivity index (χ4n) is 1.73. The molecule has 21 heavy (non-hydrogen) atoms. The van der Waals surface area contributed by atoms with Gasteiger partial charge in [-0.1, -0.05) is 38.6 Å². The van der Waals surface area contributed by atoms with Crippen LogP contribution < -0.4 is 5.30 Å². The third-order valence-electron chi connectivity index (χ3n) is 2.76. The Morgan fingerprint density at radius 2 is 1.67 bits per heavy atom. The summed E-state index contributed by atoms with van der Waals surface area (Å²) in [5.74, 6) is -0.244. The second-order valence-electron chi connectivity index (χ2n) is 4.79. The maximum atomic E-state index is 13.1. The van der Waals surface area contributed by atoms with Crippen LogP contribution in [0, 0.1) is 0 Å². The van der Waals surface area contributed by atoms with E-state index in [0.717, 1.165) is 12.8 Å². The van der Waals surface area contributed by atoms with Gasteiger partial charge in [0.2, 0.25) is 0 Å². The van der Waals surface area contributed by atoms with Gasteiger partial charge in [0, 0.05) is 5.56 Å². The zero-order valence-corrected chi connectivity index (χ0v) is 13.8. The number of rotatable bonds is 9. The van der Waals surface area contributed by atoms with Crippen molar-refractivity contribution in [3.63, 3.8) is 0 Å². The molecule has 0 aromatic heterocycles. The third-order valence-corrected chi connectivity index (χ3v) is 4.79.